The Bertz CT molecular complexity index is 1150. The summed E-state index contributed by atoms with van der Waals surface area (Å²) in [6, 6.07) is 10.6. The van der Waals surface area contributed by atoms with Crippen molar-refractivity contribution in [2.75, 3.05) is 0 Å². The molecule has 0 aliphatic carbocycles. The Kier molecular flexibility index (Phi) is 4.82. The number of aryl methyl sites for hydroxylation is 1. The molecule has 1 aliphatic rings. The molecule has 150 valence electrons. The van der Waals surface area contributed by atoms with Gasteiger partial charge in [-0.25, -0.2) is 5.48 Å². The fourth-order valence-corrected chi connectivity index (χ4v) is 4.10. The standard InChI is InChI=1S/C21H20ClN3O4/c1-11(26)12-3-4-18-13(5-12)8-19(24(18)2)21(28)25-9-15-6-14(20(27)23-29)7-17(22)16(15)10-25/h3-8,11,26,29H,9-10H2,1-2H3,(H,23,27). The quantitative estimate of drug-likeness (QED) is 0.454. The zero-order chi connectivity index (χ0) is 20.9. The second kappa shape index (κ2) is 7.18. The average Bonchev–Trinajstić information content (AvgIpc) is 3.28. The molecule has 1 atom stereocenters. The lowest BCUT2D eigenvalue weighted by molar-refractivity contribution is 0.0706. The number of nitrogens with one attached hydrogen (secondary N) is 1. The van der Waals surface area contributed by atoms with Gasteiger partial charge in [0.1, 0.15) is 5.69 Å². The van der Waals surface area contributed by atoms with Crippen LogP contribution in [0.2, 0.25) is 5.02 Å². The Morgan fingerprint density at radius 3 is 2.62 bits per heavy atom. The molecule has 0 spiro atoms. The molecule has 8 heteroatoms. The number of carbonyl (C=O) groups excluding carboxylic acids is 2. The van der Waals surface area contributed by atoms with Crippen LogP contribution in [0, 0.1) is 0 Å². The minimum Gasteiger partial charge on any atom is -0.389 e. The van der Waals surface area contributed by atoms with Gasteiger partial charge >= 0.3 is 0 Å². The predicted octanol–water partition coefficient (Wildman–Crippen LogP) is 3.16. The molecule has 7 nitrogen and oxygen atoms in total. The second-order valence-corrected chi connectivity index (χ2v) is 7.69. The van der Waals surface area contributed by atoms with E-state index < -0.39 is 12.0 Å². The van der Waals surface area contributed by atoms with Gasteiger partial charge < -0.3 is 14.6 Å². The summed E-state index contributed by atoms with van der Waals surface area (Å²) >= 11 is 6.31. The molecule has 2 aromatic carbocycles. The molecule has 0 saturated carbocycles. The normalized spacial score (nSPS) is 14.2. The van der Waals surface area contributed by atoms with Crippen LogP contribution in [0.5, 0.6) is 0 Å². The number of aliphatic hydroxyl groups excluding tert-OH is 1. The van der Waals surface area contributed by atoms with E-state index in [0.717, 1.165) is 27.6 Å². The molecule has 0 bridgehead atoms. The largest absolute Gasteiger partial charge is 0.389 e. The summed E-state index contributed by atoms with van der Waals surface area (Å²) in [6.07, 6.45) is -0.584. The van der Waals surface area contributed by atoms with Gasteiger partial charge in [0.25, 0.3) is 11.8 Å². The van der Waals surface area contributed by atoms with Crippen molar-refractivity contribution in [3.05, 3.63) is 69.4 Å². The Morgan fingerprint density at radius 1 is 1.17 bits per heavy atom. The molecule has 0 radical (unpaired) electrons. The summed E-state index contributed by atoms with van der Waals surface area (Å²) in [5.74, 6) is -0.801. The van der Waals surface area contributed by atoms with E-state index in [1.54, 1.807) is 23.4 Å². The molecule has 0 saturated heterocycles. The first-order chi connectivity index (χ1) is 13.8. The highest BCUT2D eigenvalue weighted by Gasteiger charge is 2.29. The molecule has 29 heavy (non-hydrogen) atoms. The van der Waals surface area contributed by atoms with E-state index in [1.807, 2.05) is 35.9 Å². The lowest BCUT2D eigenvalue weighted by Crippen LogP contribution is -2.27. The van der Waals surface area contributed by atoms with Crippen LogP contribution in [0.25, 0.3) is 10.9 Å². The van der Waals surface area contributed by atoms with E-state index in [1.165, 1.54) is 6.07 Å². The number of halogens is 1. The van der Waals surface area contributed by atoms with E-state index in [4.69, 9.17) is 16.8 Å². The third-order valence-electron chi connectivity index (χ3n) is 5.42. The lowest BCUT2D eigenvalue weighted by Gasteiger charge is -2.16. The van der Waals surface area contributed by atoms with E-state index in [-0.39, 0.29) is 11.5 Å². The zero-order valence-electron chi connectivity index (χ0n) is 15.9. The van der Waals surface area contributed by atoms with Crippen molar-refractivity contribution in [2.24, 2.45) is 7.05 Å². The summed E-state index contributed by atoms with van der Waals surface area (Å²) in [5.41, 5.74) is 5.62. The third-order valence-corrected chi connectivity index (χ3v) is 5.75. The Balaban J connectivity index is 1.66. The lowest BCUT2D eigenvalue weighted by atomic mass is 10.1. The minimum atomic E-state index is -0.651. The number of hydrogen-bond acceptors (Lipinski definition) is 4. The number of carbonyl (C=O) groups is 2. The number of hydrogen-bond donors (Lipinski definition) is 3. The molecule has 1 aliphatic heterocycles. The van der Waals surface area contributed by atoms with Crippen LogP contribution in [-0.4, -0.2) is 31.6 Å². The SMILES string of the molecule is CC(O)c1ccc2c(c1)cc(C(=O)N1Cc3cc(C(=O)NO)cc(Cl)c3C1)n2C. The van der Waals surface area contributed by atoms with Gasteiger partial charge in [-0.05, 0) is 53.9 Å². The molecular weight excluding hydrogens is 394 g/mol. The fraction of sp³-hybridized carbons (Fsp3) is 0.238. The van der Waals surface area contributed by atoms with Crippen molar-refractivity contribution in [2.45, 2.75) is 26.1 Å². The molecule has 3 aromatic rings. The highest BCUT2D eigenvalue weighted by atomic mass is 35.5. The molecule has 2 amide bonds. The summed E-state index contributed by atoms with van der Waals surface area (Å²) in [5, 5.41) is 19.9. The van der Waals surface area contributed by atoms with Gasteiger partial charge in [-0.1, -0.05) is 17.7 Å². The van der Waals surface area contributed by atoms with E-state index in [9.17, 15) is 14.7 Å². The molecule has 4 rings (SSSR count). The van der Waals surface area contributed by atoms with E-state index in [2.05, 4.69) is 0 Å². The Hall–Kier alpha value is -2.87. The minimum absolute atomic E-state index is 0.150. The second-order valence-electron chi connectivity index (χ2n) is 7.28. The number of benzene rings is 2. The summed E-state index contributed by atoms with van der Waals surface area (Å²) in [6.45, 7) is 2.36. The molecule has 0 fully saturated rings. The van der Waals surface area contributed by atoms with Crippen LogP contribution in [0.1, 0.15) is 50.6 Å². The Labute approximate surface area is 172 Å². The summed E-state index contributed by atoms with van der Waals surface area (Å²) < 4.78 is 1.83. The topological polar surface area (TPSA) is 94.8 Å². The van der Waals surface area contributed by atoms with Crippen molar-refractivity contribution >= 4 is 34.3 Å². The molecule has 1 aromatic heterocycles. The first-order valence-corrected chi connectivity index (χ1v) is 9.50. The molecular formula is C21H20ClN3O4. The predicted molar refractivity (Wildman–Crippen MR) is 108 cm³/mol. The first kappa shape index (κ1) is 19.4. The number of rotatable bonds is 3. The fourth-order valence-electron chi connectivity index (χ4n) is 3.80. The van der Waals surface area contributed by atoms with Crippen LogP contribution in [0.4, 0.5) is 0 Å². The number of hydroxylamine groups is 1. The summed E-state index contributed by atoms with van der Waals surface area (Å²) in [7, 11) is 1.83. The van der Waals surface area contributed by atoms with E-state index >= 15 is 0 Å². The van der Waals surface area contributed by atoms with Crippen LogP contribution >= 0.6 is 11.6 Å². The average molecular weight is 414 g/mol. The number of fused-ring (bicyclic) bond motifs is 2. The van der Waals surface area contributed by atoms with Gasteiger partial charge in [-0.3, -0.25) is 14.8 Å². The van der Waals surface area contributed by atoms with Crippen LogP contribution in [0.15, 0.2) is 36.4 Å². The maximum absolute atomic E-state index is 13.2. The van der Waals surface area contributed by atoms with Gasteiger partial charge in [0.15, 0.2) is 0 Å². The zero-order valence-corrected chi connectivity index (χ0v) is 16.7. The molecule has 2 heterocycles. The highest BCUT2D eigenvalue weighted by molar-refractivity contribution is 6.32. The van der Waals surface area contributed by atoms with Crippen LogP contribution < -0.4 is 5.48 Å². The highest BCUT2D eigenvalue weighted by Crippen LogP contribution is 2.32. The van der Waals surface area contributed by atoms with Crippen molar-refractivity contribution in [3.8, 4) is 0 Å². The van der Waals surface area contributed by atoms with Crippen molar-refractivity contribution in [1.82, 2.24) is 14.9 Å². The van der Waals surface area contributed by atoms with Crippen LogP contribution in [0.3, 0.4) is 0 Å². The third kappa shape index (κ3) is 3.27. The van der Waals surface area contributed by atoms with Gasteiger partial charge in [-0.15, -0.1) is 0 Å². The van der Waals surface area contributed by atoms with Crippen molar-refractivity contribution < 1.29 is 19.9 Å². The first-order valence-electron chi connectivity index (χ1n) is 9.12. The molecule has 3 N–H and O–H groups in total. The number of aromatic nitrogens is 1. The number of aliphatic hydroxyl groups is 1. The number of amides is 2. The van der Waals surface area contributed by atoms with Gasteiger partial charge in [0.2, 0.25) is 0 Å². The number of nitrogens with zero attached hydrogens (tertiary/aromatic N) is 2. The van der Waals surface area contributed by atoms with Crippen molar-refractivity contribution in [3.63, 3.8) is 0 Å². The van der Waals surface area contributed by atoms with Crippen molar-refractivity contribution in [1.29, 1.82) is 0 Å². The maximum Gasteiger partial charge on any atom is 0.274 e. The molecule has 1 unspecified atom stereocenters. The van der Waals surface area contributed by atoms with Gasteiger partial charge in [-0.2, -0.15) is 0 Å². The Morgan fingerprint density at radius 2 is 1.93 bits per heavy atom. The smallest absolute Gasteiger partial charge is 0.274 e. The van der Waals surface area contributed by atoms with Crippen LogP contribution in [-0.2, 0) is 20.1 Å². The summed E-state index contributed by atoms with van der Waals surface area (Å²) in [4.78, 5) is 26.6. The van der Waals surface area contributed by atoms with Gasteiger partial charge in [0.05, 0.1) is 6.10 Å². The monoisotopic (exact) mass is 413 g/mol. The van der Waals surface area contributed by atoms with Gasteiger partial charge in [0, 0.05) is 41.6 Å². The van der Waals surface area contributed by atoms with E-state index in [0.29, 0.717) is 23.8 Å². The maximum atomic E-state index is 13.2.